The van der Waals surface area contributed by atoms with E-state index in [0.717, 1.165) is 24.3 Å². The number of hydrogen-bond donors (Lipinski definition) is 3. The van der Waals surface area contributed by atoms with Crippen LogP contribution >= 0.6 is 45.2 Å². The molecule has 36 heavy (non-hydrogen) atoms. The van der Waals surface area contributed by atoms with Crippen LogP contribution in [0.5, 0.6) is 5.75 Å². The second-order valence-corrected chi connectivity index (χ2v) is 10.00. The lowest BCUT2D eigenvalue weighted by atomic mass is 10.1. The fraction of sp³-hybridized carbons (Fsp3) is 0.148. The number of anilines is 1. The predicted molar refractivity (Wildman–Crippen MR) is 161 cm³/mol. The smallest absolute Gasteiger partial charge is 0.287 e. The van der Waals surface area contributed by atoms with Crippen LogP contribution in [0.2, 0.25) is 0 Å². The third-order valence-corrected chi connectivity index (χ3v) is 6.93. The van der Waals surface area contributed by atoms with Crippen LogP contribution in [0, 0.1) is 7.14 Å². The number of amides is 2. The largest absolute Gasteiger partial charge is 0.506 e. The van der Waals surface area contributed by atoms with Gasteiger partial charge in [-0.15, -0.1) is 0 Å². The van der Waals surface area contributed by atoms with Crippen molar-refractivity contribution < 1.29 is 14.7 Å². The number of nitrogens with zero attached hydrogens (tertiary/aromatic N) is 2. The van der Waals surface area contributed by atoms with Crippen molar-refractivity contribution in [3.05, 3.63) is 96.3 Å². The number of rotatable bonds is 9. The maximum atomic E-state index is 13.0. The summed E-state index contributed by atoms with van der Waals surface area (Å²) in [5.74, 6) is -0.756. The highest BCUT2D eigenvalue weighted by atomic mass is 127. The second-order valence-electron chi connectivity index (χ2n) is 7.67. The summed E-state index contributed by atoms with van der Waals surface area (Å²) in [4.78, 5) is 28.0. The topological polar surface area (TPSA) is 94.0 Å². The Morgan fingerprint density at radius 1 is 0.944 bits per heavy atom. The standard InChI is InChI=1S/C27H26I2N4O3/c1-3-33(4-2)21-12-10-18(11-13-21)16-24(31-26(35)20-8-6-5-7-9-20)27(36)32-30-17-19-14-22(28)25(34)23(29)15-19/h5-17,34H,3-4H2,1-2H3,(H,31,35)(H,32,36). The van der Waals surface area contributed by atoms with Gasteiger partial charge in [-0.25, -0.2) is 5.43 Å². The SMILES string of the molecule is CCN(CC)c1ccc(C=C(NC(=O)c2ccccc2)C(=O)NN=Cc2cc(I)c(O)c(I)c2)cc1. The number of phenolic OH excluding ortho intramolecular Hbond substituents is 1. The quantitative estimate of drug-likeness (QED) is 0.121. The lowest BCUT2D eigenvalue weighted by Crippen LogP contribution is -2.32. The molecule has 0 saturated carbocycles. The summed E-state index contributed by atoms with van der Waals surface area (Å²) < 4.78 is 1.35. The van der Waals surface area contributed by atoms with Gasteiger partial charge in [0.25, 0.3) is 11.8 Å². The molecule has 186 valence electrons. The van der Waals surface area contributed by atoms with E-state index in [9.17, 15) is 14.7 Å². The molecule has 0 atom stereocenters. The average Bonchev–Trinajstić information content (AvgIpc) is 2.88. The van der Waals surface area contributed by atoms with Crippen molar-refractivity contribution in [1.29, 1.82) is 0 Å². The molecule has 0 fully saturated rings. The van der Waals surface area contributed by atoms with Gasteiger partial charge in [0.15, 0.2) is 0 Å². The first-order valence-corrected chi connectivity index (χ1v) is 13.4. The second kappa shape index (κ2) is 13.4. The lowest BCUT2D eigenvalue weighted by molar-refractivity contribution is -0.117. The Kier molecular flexibility index (Phi) is 10.3. The maximum absolute atomic E-state index is 13.0. The molecule has 9 heteroatoms. The molecule has 0 radical (unpaired) electrons. The fourth-order valence-electron chi connectivity index (χ4n) is 3.36. The number of phenols is 1. The van der Waals surface area contributed by atoms with Gasteiger partial charge in [0.05, 0.1) is 13.4 Å². The van der Waals surface area contributed by atoms with Gasteiger partial charge in [-0.3, -0.25) is 9.59 Å². The van der Waals surface area contributed by atoms with Crippen LogP contribution in [-0.2, 0) is 4.79 Å². The highest BCUT2D eigenvalue weighted by molar-refractivity contribution is 14.1. The van der Waals surface area contributed by atoms with E-state index >= 15 is 0 Å². The van der Waals surface area contributed by atoms with Crippen molar-refractivity contribution in [3.8, 4) is 5.75 Å². The normalized spacial score (nSPS) is 11.4. The van der Waals surface area contributed by atoms with Crippen molar-refractivity contribution in [2.45, 2.75) is 13.8 Å². The number of carbonyl (C=O) groups excluding carboxylic acids is 2. The van der Waals surface area contributed by atoms with Gasteiger partial charge in [-0.05, 0) is 113 Å². The number of benzene rings is 3. The van der Waals surface area contributed by atoms with Gasteiger partial charge in [0, 0.05) is 24.3 Å². The fourth-order valence-corrected chi connectivity index (χ4v) is 5.18. The predicted octanol–water partition coefficient (Wildman–Crippen LogP) is 5.37. The van der Waals surface area contributed by atoms with Crippen molar-refractivity contribution in [2.75, 3.05) is 18.0 Å². The maximum Gasteiger partial charge on any atom is 0.287 e. The first-order valence-electron chi connectivity index (χ1n) is 11.3. The molecular formula is C27H26I2N4O3. The first kappa shape index (κ1) is 27.7. The molecule has 0 aliphatic heterocycles. The Morgan fingerprint density at radius 2 is 1.56 bits per heavy atom. The molecule has 0 aliphatic carbocycles. The van der Waals surface area contributed by atoms with Crippen LogP contribution in [-0.4, -0.2) is 36.2 Å². The third kappa shape index (κ3) is 7.53. The molecule has 0 heterocycles. The molecule has 3 aromatic carbocycles. The van der Waals surface area contributed by atoms with E-state index in [2.05, 4.69) is 34.6 Å². The summed E-state index contributed by atoms with van der Waals surface area (Å²) in [5, 5.41) is 16.7. The molecule has 0 aromatic heterocycles. The molecular weight excluding hydrogens is 682 g/mol. The molecule has 0 unspecified atom stereocenters. The zero-order chi connectivity index (χ0) is 26.1. The van der Waals surface area contributed by atoms with Gasteiger partial charge >= 0.3 is 0 Å². The Labute approximate surface area is 238 Å². The van der Waals surface area contributed by atoms with Crippen LogP contribution in [0.1, 0.15) is 35.3 Å². The number of aromatic hydroxyl groups is 1. The van der Waals surface area contributed by atoms with Crippen LogP contribution < -0.4 is 15.6 Å². The summed E-state index contributed by atoms with van der Waals surface area (Å²) in [6, 6.07) is 20.0. The molecule has 2 amide bonds. The molecule has 0 saturated heterocycles. The Bertz CT molecular complexity index is 1250. The van der Waals surface area contributed by atoms with E-state index in [4.69, 9.17) is 0 Å². The van der Waals surface area contributed by atoms with E-state index in [1.54, 1.807) is 42.5 Å². The van der Waals surface area contributed by atoms with Gasteiger partial charge in [0.2, 0.25) is 0 Å². The molecule has 0 spiro atoms. The van der Waals surface area contributed by atoms with Crippen molar-refractivity contribution in [2.24, 2.45) is 5.10 Å². The van der Waals surface area contributed by atoms with E-state index in [0.29, 0.717) is 18.3 Å². The van der Waals surface area contributed by atoms with Gasteiger partial charge in [0.1, 0.15) is 11.4 Å². The van der Waals surface area contributed by atoms with E-state index in [1.807, 2.05) is 75.5 Å². The Morgan fingerprint density at radius 3 is 2.14 bits per heavy atom. The monoisotopic (exact) mass is 708 g/mol. The summed E-state index contributed by atoms with van der Waals surface area (Å²) >= 11 is 4.06. The molecule has 3 rings (SSSR count). The number of hydrogen-bond acceptors (Lipinski definition) is 5. The van der Waals surface area contributed by atoms with Crippen LogP contribution in [0.4, 0.5) is 5.69 Å². The summed E-state index contributed by atoms with van der Waals surface area (Å²) in [7, 11) is 0. The number of halogens is 2. The first-order chi connectivity index (χ1) is 17.3. The van der Waals surface area contributed by atoms with Gasteiger partial charge < -0.3 is 15.3 Å². The third-order valence-electron chi connectivity index (χ3n) is 5.28. The lowest BCUT2D eigenvalue weighted by Gasteiger charge is -2.20. The minimum absolute atomic E-state index is 0.0615. The van der Waals surface area contributed by atoms with Crippen LogP contribution in [0.25, 0.3) is 6.08 Å². The molecule has 7 nitrogen and oxygen atoms in total. The van der Waals surface area contributed by atoms with Gasteiger partial charge in [-0.2, -0.15) is 5.10 Å². The zero-order valence-corrected chi connectivity index (χ0v) is 24.1. The molecule has 0 bridgehead atoms. The Balaban J connectivity index is 1.84. The van der Waals surface area contributed by atoms with Crippen molar-refractivity contribution >= 4 is 75.0 Å². The molecule has 3 N–H and O–H groups in total. The highest BCUT2D eigenvalue weighted by Crippen LogP contribution is 2.26. The summed E-state index contributed by atoms with van der Waals surface area (Å²) in [6.07, 6.45) is 3.10. The average molecular weight is 708 g/mol. The molecule has 0 aliphatic rings. The molecule has 3 aromatic rings. The summed E-state index contributed by atoms with van der Waals surface area (Å²) in [6.45, 7) is 5.98. The number of nitrogens with one attached hydrogen (secondary N) is 2. The van der Waals surface area contributed by atoms with E-state index < -0.39 is 11.8 Å². The minimum Gasteiger partial charge on any atom is -0.506 e. The van der Waals surface area contributed by atoms with Crippen molar-refractivity contribution in [3.63, 3.8) is 0 Å². The Hall–Kier alpha value is -2.93. The minimum atomic E-state index is -0.563. The number of carbonyl (C=O) groups is 2. The van der Waals surface area contributed by atoms with Crippen LogP contribution in [0.15, 0.2) is 77.5 Å². The van der Waals surface area contributed by atoms with E-state index in [1.165, 1.54) is 6.21 Å². The number of hydrazone groups is 1. The highest BCUT2D eigenvalue weighted by Gasteiger charge is 2.14. The van der Waals surface area contributed by atoms with E-state index in [-0.39, 0.29) is 11.4 Å². The van der Waals surface area contributed by atoms with Crippen LogP contribution in [0.3, 0.4) is 0 Å². The van der Waals surface area contributed by atoms with Gasteiger partial charge in [-0.1, -0.05) is 30.3 Å². The zero-order valence-electron chi connectivity index (χ0n) is 19.8. The van der Waals surface area contributed by atoms with Crippen molar-refractivity contribution in [1.82, 2.24) is 10.7 Å². The summed E-state index contributed by atoms with van der Waals surface area (Å²) in [5.41, 5.74) is 5.54.